The third kappa shape index (κ3) is 3.92. The van der Waals surface area contributed by atoms with Crippen LogP contribution in [0.25, 0.3) is 0 Å². The molecule has 0 aliphatic rings. The molecule has 0 aromatic carbocycles. The molecule has 0 bridgehead atoms. The van der Waals surface area contributed by atoms with E-state index in [-0.39, 0.29) is 11.9 Å². The number of carbonyl (C=O) groups excluding carboxylic acids is 1. The molecule has 1 amide bonds. The molecule has 0 radical (unpaired) electrons. The van der Waals surface area contributed by atoms with Gasteiger partial charge in [0.15, 0.2) is 0 Å². The van der Waals surface area contributed by atoms with Crippen LogP contribution >= 0.6 is 11.8 Å². The van der Waals surface area contributed by atoms with Crippen LogP contribution in [-0.2, 0) is 4.79 Å². The van der Waals surface area contributed by atoms with Crippen molar-refractivity contribution >= 4 is 17.7 Å². The Morgan fingerprint density at radius 1 is 1.47 bits per heavy atom. The minimum atomic E-state index is -0.831. The highest BCUT2D eigenvalue weighted by Gasteiger charge is 2.38. The summed E-state index contributed by atoms with van der Waals surface area (Å²) in [6.45, 7) is 5.86. The van der Waals surface area contributed by atoms with Gasteiger partial charge in [-0.3, -0.25) is 4.79 Å². The van der Waals surface area contributed by atoms with Crippen molar-refractivity contribution in [2.75, 3.05) is 19.1 Å². The molecule has 0 aromatic rings. The summed E-state index contributed by atoms with van der Waals surface area (Å²) in [5.74, 6) is 1.01. The Balaban J connectivity index is 4.73. The molecule has 1 unspecified atom stereocenters. The van der Waals surface area contributed by atoms with Gasteiger partial charge < -0.3 is 4.90 Å². The number of hydrogen-bond acceptors (Lipinski definition) is 3. The van der Waals surface area contributed by atoms with E-state index in [4.69, 9.17) is 0 Å². The van der Waals surface area contributed by atoms with Crippen LogP contribution < -0.4 is 0 Å². The Hall–Kier alpha value is -0.690. The molecule has 4 heteroatoms. The highest BCUT2D eigenvalue weighted by Crippen LogP contribution is 2.28. The molecule has 0 aliphatic heterocycles. The lowest BCUT2D eigenvalue weighted by atomic mass is 9.82. The average molecular weight is 256 g/mol. The van der Waals surface area contributed by atoms with Gasteiger partial charge in [0.05, 0.1) is 6.07 Å². The fourth-order valence-corrected chi connectivity index (χ4v) is 2.36. The summed E-state index contributed by atoms with van der Waals surface area (Å²) in [6.07, 6.45) is 4.20. The van der Waals surface area contributed by atoms with Crippen molar-refractivity contribution < 1.29 is 4.79 Å². The third-order valence-electron chi connectivity index (χ3n) is 3.55. The van der Waals surface area contributed by atoms with Gasteiger partial charge in [-0.15, -0.1) is 0 Å². The molecule has 3 nitrogen and oxygen atoms in total. The molecule has 0 N–H and O–H groups in total. The Kier molecular flexibility index (Phi) is 7.29. The first-order chi connectivity index (χ1) is 7.98. The van der Waals surface area contributed by atoms with E-state index in [0.29, 0.717) is 12.8 Å². The maximum absolute atomic E-state index is 12.4. The zero-order valence-electron chi connectivity index (χ0n) is 11.6. The summed E-state index contributed by atoms with van der Waals surface area (Å²) in [7, 11) is 1.81. The smallest absolute Gasteiger partial charge is 0.243 e. The molecule has 0 saturated heterocycles. The van der Waals surface area contributed by atoms with E-state index in [1.165, 1.54) is 0 Å². The summed E-state index contributed by atoms with van der Waals surface area (Å²) in [6, 6.07) is 2.41. The van der Waals surface area contributed by atoms with Crippen LogP contribution in [-0.4, -0.2) is 35.9 Å². The standard InChI is InChI=1S/C13H24N2OS/c1-6-13(7-2,10-14)12(16)15(4)11(3)8-9-17-5/h11H,6-9H2,1-5H3. The lowest BCUT2D eigenvalue weighted by molar-refractivity contribution is -0.140. The zero-order chi connectivity index (χ0) is 13.5. The predicted octanol–water partition coefficient (Wildman–Crippen LogP) is 2.92. The second-order valence-electron chi connectivity index (χ2n) is 4.45. The average Bonchev–Trinajstić information content (AvgIpc) is 2.37. The topological polar surface area (TPSA) is 44.1 Å². The van der Waals surface area contributed by atoms with Crippen LogP contribution in [0, 0.1) is 16.7 Å². The number of nitrogens with zero attached hydrogens (tertiary/aromatic N) is 2. The van der Waals surface area contributed by atoms with Gasteiger partial charge in [-0.1, -0.05) is 13.8 Å². The summed E-state index contributed by atoms with van der Waals surface area (Å²) >= 11 is 1.78. The van der Waals surface area contributed by atoms with Crippen molar-refractivity contribution in [3.63, 3.8) is 0 Å². The number of nitriles is 1. The number of amides is 1. The largest absolute Gasteiger partial charge is 0.342 e. The van der Waals surface area contributed by atoms with E-state index in [2.05, 4.69) is 12.3 Å². The van der Waals surface area contributed by atoms with E-state index >= 15 is 0 Å². The molecule has 98 valence electrons. The van der Waals surface area contributed by atoms with Crippen molar-refractivity contribution in [1.29, 1.82) is 5.26 Å². The van der Waals surface area contributed by atoms with Crippen molar-refractivity contribution in [3.05, 3.63) is 0 Å². The Labute approximate surface area is 110 Å². The summed E-state index contributed by atoms with van der Waals surface area (Å²) in [5.41, 5.74) is -0.831. The van der Waals surface area contributed by atoms with Crippen LogP contribution in [0.5, 0.6) is 0 Å². The lowest BCUT2D eigenvalue weighted by Gasteiger charge is -2.32. The number of rotatable bonds is 7. The number of carbonyl (C=O) groups is 1. The Morgan fingerprint density at radius 3 is 2.35 bits per heavy atom. The van der Waals surface area contributed by atoms with Crippen LogP contribution in [0.4, 0.5) is 0 Å². The van der Waals surface area contributed by atoms with Crippen LogP contribution in [0.2, 0.25) is 0 Å². The van der Waals surface area contributed by atoms with Crippen molar-refractivity contribution in [1.82, 2.24) is 4.90 Å². The second kappa shape index (κ2) is 7.60. The van der Waals surface area contributed by atoms with Gasteiger partial charge in [-0.05, 0) is 38.2 Å². The van der Waals surface area contributed by atoms with Gasteiger partial charge in [0, 0.05) is 13.1 Å². The second-order valence-corrected chi connectivity index (χ2v) is 5.43. The fraction of sp³-hybridized carbons (Fsp3) is 0.846. The summed E-state index contributed by atoms with van der Waals surface area (Å²) in [5, 5.41) is 9.25. The molecule has 0 heterocycles. The molecule has 0 spiro atoms. The SMILES string of the molecule is CCC(C#N)(CC)C(=O)N(C)C(C)CCSC. The highest BCUT2D eigenvalue weighted by atomic mass is 32.2. The molecule has 17 heavy (non-hydrogen) atoms. The van der Waals surface area contributed by atoms with Crippen molar-refractivity contribution in [2.45, 2.75) is 46.1 Å². The van der Waals surface area contributed by atoms with Crippen LogP contribution in [0.1, 0.15) is 40.0 Å². The van der Waals surface area contributed by atoms with Crippen LogP contribution in [0.3, 0.4) is 0 Å². The normalized spacial score (nSPS) is 12.9. The minimum absolute atomic E-state index is 0.0291. The molecule has 0 rings (SSSR count). The van der Waals surface area contributed by atoms with Gasteiger partial charge in [0.25, 0.3) is 0 Å². The monoisotopic (exact) mass is 256 g/mol. The molecular weight excluding hydrogens is 232 g/mol. The zero-order valence-corrected chi connectivity index (χ0v) is 12.4. The first-order valence-electron chi connectivity index (χ1n) is 6.16. The number of thioether (sulfide) groups is 1. The quantitative estimate of drug-likeness (QED) is 0.703. The highest BCUT2D eigenvalue weighted by molar-refractivity contribution is 7.98. The number of hydrogen-bond donors (Lipinski definition) is 0. The molecule has 1 atom stereocenters. The van der Waals surface area contributed by atoms with Gasteiger partial charge >= 0.3 is 0 Å². The van der Waals surface area contributed by atoms with E-state index < -0.39 is 5.41 Å². The van der Waals surface area contributed by atoms with Gasteiger partial charge in [0.2, 0.25) is 5.91 Å². The molecule has 0 aromatic heterocycles. The summed E-state index contributed by atoms with van der Waals surface area (Å²) in [4.78, 5) is 14.1. The van der Waals surface area contributed by atoms with Gasteiger partial charge in [-0.2, -0.15) is 17.0 Å². The Bertz CT molecular complexity index is 282. The maximum Gasteiger partial charge on any atom is 0.243 e. The van der Waals surface area contributed by atoms with E-state index in [1.54, 1.807) is 16.7 Å². The van der Waals surface area contributed by atoms with E-state index in [1.807, 2.05) is 27.8 Å². The molecule has 0 aliphatic carbocycles. The maximum atomic E-state index is 12.4. The third-order valence-corrected chi connectivity index (χ3v) is 4.20. The van der Waals surface area contributed by atoms with Crippen molar-refractivity contribution in [3.8, 4) is 6.07 Å². The first-order valence-corrected chi connectivity index (χ1v) is 7.55. The van der Waals surface area contributed by atoms with Crippen LogP contribution in [0.15, 0.2) is 0 Å². The predicted molar refractivity (Wildman–Crippen MR) is 73.9 cm³/mol. The minimum Gasteiger partial charge on any atom is -0.342 e. The lowest BCUT2D eigenvalue weighted by Crippen LogP contribution is -2.45. The fourth-order valence-electron chi connectivity index (χ4n) is 1.78. The van der Waals surface area contributed by atoms with Crippen molar-refractivity contribution in [2.24, 2.45) is 5.41 Å². The van der Waals surface area contributed by atoms with E-state index in [0.717, 1.165) is 12.2 Å². The van der Waals surface area contributed by atoms with E-state index in [9.17, 15) is 10.1 Å². The molecular formula is C13H24N2OS. The Morgan fingerprint density at radius 2 is 2.00 bits per heavy atom. The van der Waals surface area contributed by atoms with Gasteiger partial charge in [-0.25, -0.2) is 0 Å². The molecule has 0 fully saturated rings. The van der Waals surface area contributed by atoms with Gasteiger partial charge in [0.1, 0.15) is 5.41 Å². The molecule has 0 saturated carbocycles. The summed E-state index contributed by atoms with van der Waals surface area (Å²) < 4.78 is 0. The first kappa shape index (κ1) is 16.3.